The first kappa shape index (κ1) is 19.6. The predicted molar refractivity (Wildman–Crippen MR) is 98.9 cm³/mol. The molecule has 0 atom stereocenters. The van der Waals surface area contributed by atoms with Gasteiger partial charge in [-0.2, -0.15) is 0 Å². The molecule has 0 radical (unpaired) electrons. The van der Waals surface area contributed by atoms with Crippen LogP contribution in [0.5, 0.6) is 5.75 Å². The number of benzene rings is 2. The lowest BCUT2D eigenvalue weighted by atomic mass is 10.2. The molecule has 0 aliphatic rings. The average molecular weight is 379 g/mol. The molecule has 2 aromatic carbocycles. The summed E-state index contributed by atoms with van der Waals surface area (Å²) in [5.74, 6) is -0.655. The fourth-order valence-corrected chi connectivity index (χ4v) is 2.41. The van der Waals surface area contributed by atoms with Gasteiger partial charge in [0.05, 0.1) is 24.3 Å². The summed E-state index contributed by atoms with van der Waals surface area (Å²) in [4.78, 5) is 24.1. The van der Waals surface area contributed by atoms with E-state index in [9.17, 15) is 9.59 Å². The lowest BCUT2D eigenvalue weighted by molar-refractivity contribution is -0.119. The van der Waals surface area contributed by atoms with Crippen molar-refractivity contribution in [3.63, 3.8) is 0 Å². The lowest BCUT2D eigenvalue weighted by Crippen LogP contribution is -2.21. The SMILES string of the molecule is COc1ccc(NC(=O)COC(=O)c2ccccc2NCCO)cc1Cl. The molecule has 138 valence electrons. The standard InChI is InChI=1S/C18H19ClN2O5/c1-25-16-7-6-12(10-14(16)19)21-17(23)11-26-18(24)13-4-2-3-5-15(13)20-8-9-22/h2-7,10,20,22H,8-9,11H2,1H3,(H,21,23). The molecule has 0 bridgehead atoms. The van der Waals surface area contributed by atoms with Crippen LogP contribution in [0.1, 0.15) is 10.4 Å². The highest BCUT2D eigenvalue weighted by Crippen LogP contribution is 2.27. The molecular formula is C18H19ClN2O5. The maximum atomic E-state index is 12.2. The third-order valence-corrected chi connectivity index (χ3v) is 3.64. The molecule has 0 aliphatic heterocycles. The Labute approximate surface area is 155 Å². The van der Waals surface area contributed by atoms with E-state index in [4.69, 9.17) is 26.2 Å². The van der Waals surface area contributed by atoms with Gasteiger partial charge in [-0.15, -0.1) is 0 Å². The summed E-state index contributed by atoms with van der Waals surface area (Å²) in [5, 5.41) is 14.7. The molecule has 2 rings (SSSR count). The Morgan fingerprint density at radius 2 is 1.96 bits per heavy atom. The third-order valence-electron chi connectivity index (χ3n) is 3.34. The van der Waals surface area contributed by atoms with Gasteiger partial charge in [-0.3, -0.25) is 4.79 Å². The van der Waals surface area contributed by atoms with E-state index in [1.807, 2.05) is 0 Å². The van der Waals surface area contributed by atoms with Crippen LogP contribution in [0.15, 0.2) is 42.5 Å². The van der Waals surface area contributed by atoms with Crippen molar-refractivity contribution in [2.45, 2.75) is 0 Å². The molecule has 3 N–H and O–H groups in total. The monoisotopic (exact) mass is 378 g/mol. The fourth-order valence-electron chi connectivity index (χ4n) is 2.16. The molecule has 2 aromatic rings. The summed E-state index contributed by atoms with van der Waals surface area (Å²) in [5.41, 5.74) is 1.26. The van der Waals surface area contributed by atoms with Gasteiger partial charge in [0, 0.05) is 17.9 Å². The molecule has 0 unspecified atom stereocenters. The number of para-hydroxylation sites is 1. The molecule has 7 nitrogen and oxygen atoms in total. The van der Waals surface area contributed by atoms with Crippen LogP contribution in [0.25, 0.3) is 0 Å². The molecule has 0 aromatic heterocycles. The number of methoxy groups -OCH3 is 1. The highest BCUT2D eigenvalue weighted by atomic mass is 35.5. The van der Waals surface area contributed by atoms with Crippen LogP contribution in [0.4, 0.5) is 11.4 Å². The Morgan fingerprint density at radius 3 is 2.65 bits per heavy atom. The molecule has 0 saturated heterocycles. The first-order valence-corrected chi connectivity index (χ1v) is 8.17. The summed E-state index contributed by atoms with van der Waals surface area (Å²) >= 11 is 5.99. The zero-order valence-corrected chi connectivity index (χ0v) is 14.9. The van der Waals surface area contributed by atoms with Crippen molar-refractivity contribution < 1.29 is 24.2 Å². The number of esters is 1. The van der Waals surface area contributed by atoms with Crippen molar-refractivity contribution in [2.24, 2.45) is 0 Å². The Hall–Kier alpha value is -2.77. The number of aliphatic hydroxyl groups excluding tert-OH is 1. The van der Waals surface area contributed by atoms with Crippen molar-refractivity contribution in [2.75, 3.05) is 37.5 Å². The van der Waals surface area contributed by atoms with Gasteiger partial charge in [0.25, 0.3) is 5.91 Å². The molecule has 8 heteroatoms. The smallest absolute Gasteiger partial charge is 0.340 e. The highest BCUT2D eigenvalue weighted by Gasteiger charge is 2.14. The zero-order chi connectivity index (χ0) is 18.9. The molecule has 0 heterocycles. The summed E-state index contributed by atoms with van der Waals surface area (Å²) in [6.07, 6.45) is 0. The van der Waals surface area contributed by atoms with E-state index in [2.05, 4.69) is 10.6 Å². The van der Waals surface area contributed by atoms with Gasteiger partial charge in [-0.1, -0.05) is 23.7 Å². The number of amides is 1. The van der Waals surface area contributed by atoms with Gasteiger partial charge in [0.15, 0.2) is 6.61 Å². The largest absolute Gasteiger partial charge is 0.495 e. The van der Waals surface area contributed by atoms with E-state index in [1.165, 1.54) is 13.2 Å². The molecule has 0 saturated carbocycles. The van der Waals surface area contributed by atoms with E-state index >= 15 is 0 Å². The van der Waals surface area contributed by atoms with Gasteiger partial charge < -0.3 is 25.2 Å². The number of carbonyl (C=O) groups excluding carboxylic acids is 2. The fraction of sp³-hybridized carbons (Fsp3) is 0.222. The number of ether oxygens (including phenoxy) is 2. The maximum Gasteiger partial charge on any atom is 0.340 e. The minimum atomic E-state index is -0.644. The van der Waals surface area contributed by atoms with Gasteiger partial charge in [0.2, 0.25) is 0 Å². The van der Waals surface area contributed by atoms with Crippen LogP contribution in [0, 0.1) is 0 Å². The minimum absolute atomic E-state index is 0.0732. The second-order valence-electron chi connectivity index (χ2n) is 5.17. The number of rotatable bonds is 8. The summed E-state index contributed by atoms with van der Waals surface area (Å²) in [6, 6.07) is 11.5. The number of hydrogen-bond acceptors (Lipinski definition) is 6. The number of hydrogen-bond donors (Lipinski definition) is 3. The van der Waals surface area contributed by atoms with Gasteiger partial charge in [-0.25, -0.2) is 4.79 Å². The van der Waals surface area contributed by atoms with E-state index in [-0.39, 0.29) is 12.2 Å². The third kappa shape index (κ3) is 5.37. The maximum absolute atomic E-state index is 12.2. The zero-order valence-electron chi connectivity index (χ0n) is 14.1. The van der Waals surface area contributed by atoms with E-state index < -0.39 is 18.5 Å². The lowest BCUT2D eigenvalue weighted by Gasteiger charge is -2.11. The normalized spacial score (nSPS) is 10.1. The Kier molecular flexibility index (Phi) is 7.25. The first-order valence-electron chi connectivity index (χ1n) is 7.79. The van der Waals surface area contributed by atoms with Crippen molar-refractivity contribution in [1.82, 2.24) is 0 Å². The number of carbonyl (C=O) groups is 2. The molecular weight excluding hydrogens is 360 g/mol. The molecule has 0 spiro atoms. The van der Waals surface area contributed by atoms with Gasteiger partial charge in [-0.05, 0) is 30.3 Å². The van der Waals surface area contributed by atoms with Crippen LogP contribution in [-0.2, 0) is 9.53 Å². The van der Waals surface area contributed by atoms with Gasteiger partial charge in [0.1, 0.15) is 5.75 Å². The number of nitrogens with one attached hydrogen (secondary N) is 2. The minimum Gasteiger partial charge on any atom is -0.495 e. The van der Waals surface area contributed by atoms with E-state index in [0.29, 0.717) is 28.7 Å². The van der Waals surface area contributed by atoms with E-state index in [1.54, 1.807) is 36.4 Å². The molecule has 1 amide bonds. The Bertz CT molecular complexity index is 782. The number of aliphatic hydroxyl groups is 1. The van der Waals surface area contributed by atoms with Crippen molar-refractivity contribution in [1.29, 1.82) is 0 Å². The molecule has 0 aliphatic carbocycles. The number of halogens is 1. The highest BCUT2D eigenvalue weighted by molar-refractivity contribution is 6.32. The van der Waals surface area contributed by atoms with Crippen LogP contribution in [0.3, 0.4) is 0 Å². The van der Waals surface area contributed by atoms with E-state index in [0.717, 1.165) is 0 Å². The van der Waals surface area contributed by atoms with Crippen LogP contribution < -0.4 is 15.4 Å². The first-order chi connectivity index (χ1) is 12.5. The van der Waals surface area contributed by atoms with Gasteiger partial charge >= 0.3 is 5.97 Å². The van der Waals surface area contributed by atoms with Crippen LogP contribution >= 0.6 is 11.6 Å². The quantitative estimate of drug-likeness (QED) is 0.611. The average Bonchev–Trinajstić information content (AvgIpc) is 2.65. The van der Waals surface area contributed by atoms with Crippen LogP contribution in [-0.4, -0.2) is 43.9 Å². The van der Waals surface area contributed by atoms with Crippen molar-refractivity contribution in [3.05, 3.63) is 53.1 Å². The Morgan fingerprint density at radius 1 is 1.19 bits per heavy atom. The second kappa shape index (κ2) is 9.65. The summed E-state index contributed by atoms with van der Waals surface area (Å²) in [6.45, 7) is -0.226. The van der Waals surface area contributed by atoms with Crippen molar-refractivity contribution >= 4 is 34.9 Å². The summed E-state index contributed by atoms with van der Waals surface area (Å²) < 4.78 is 10.1. The second-order valence-corrected chi connectivity index (χ2v) is 5.58. The van der Waals surface area contributed by atoms with Crippen molar-refractivity contribution in [3.8, 4) is 5.75 Å². The summed E-state index contributed by atoms with van der Waals surface area (Å²) in [7, 11) is 1.49. The molecule has 0 fully saturated rings. The number of anilines is 2. The molecule has 26 heavy (non-hydrogen) atoms. The Balaban J connectivity index is 1.93. The topological polar surface area (TPSA) is 96.9 Å². The predicted octanol–water partition coefficient (Wildman–Crippen LogP) is 2.55. The van der Waals surface area contributed by atoms with Crippen LogP contribution in [0.2, 0.25) is 5.02 Å².